The van der Waals surface area contributed by atoms with E-state index in [0.29, 0.717) is 5.56 Å². The van der Waals surface area contributed by atoms with E-state index in [1.807, 2.05) is 0 Å². The second-order valence-electron chi connectivity index (χ2n) is 4.35. The molecule has 0 spiro atoms. The van der Waals surface area contributed by atoms with Gasteiger partial charge in [-0.1, -0.05) is 18.2 Å². The Morgan fingerprint density at radius 2 is 1.63 bits per heavy atom. The number of carbonyl (C=O) groups is 3. The maximum absolute atomic E-state index is 11.8. The van der Waals surface area contributed by atoms with Crippen LogP contribution in [0.1, 0.15) is 29.8 Å². The monoisotopic (exact) mass is 263 g/mol. The van der Waals surface area contributed by atoms with Crippen LogP contribution >= 0.6 is 0 Å². The van der Waals surface area contributed by atoms with Crippen molar-refractivity contribution < 1.29 is 14.4 Å². The zero-order valence-electron chi connectivity index (χ0n) is 11.1. The summed E-state index contributed by atoms with van der Waals surface area (Å²) in [4.78, 5) is 34.4. The summed E-state index contributed by atoms with van der Waals surface area (Å²) in [5, 5.41) is 2.42. The molecule has 0 aliphatic rings. The third-order valence-electron chi connectivity index (χ3n) is 2.31. The van der Waals surface area contributed by atoms with Crippen LogP contribution in [0, 0.1) is 6.92 Å². The van der Waals surface area contributed by atoms with Crippen LogP contribution in [0.3, 0.4) is 0 Å². The number of hydrazine groups is 1. The molecule has 3 amide bonds. The molecule has 0 fully saturated rings. The summed E-state index contributed by atoms with van der Waals surface area (Å²) in [5.41, 5.74) is 5.47. The summed E-state index contributed by atoms with van der Waals surface area (Å²) in [6.07, 6.45) is 0. The zero-order chi connectivity index (χ0) is 14.4. The van der Waals surface area contributed by atoms with Gasteiger partial charge in [0, 0.05) is 11.6 Å². The topological polar surface area (TPSA) is 87.3 Å². The Labute approximate surface area is 111 Å². The highest BCUT2D eigenvalue weighted by Gasteiger charge is 2.15. The van der Waals surface area contributed by atoms with E-state index >= 15 is 0 Å². The molecule has 3 N–H and O–H groups in total. The summed E-state index contributed by atoms with van der Waals surface area (Å²) >= 11 is 0. The van der Waals surface area contributed by atoms with Crippen LogP contribution < -0.4 is 16.2 Å². The van der Waals surface area contributed by atoms with Crippen molar-refractivity contribution in [3.63, 3.8) is 0 Å². The van der Waals surface area contributed by atoms with Gasteiger partial charge >= 0.3 is 11.8 Å². The van der Waals surface area contributed by atoms with E-state index in [9.17, 15) is 14.4 Å². The minimum absolute atomic E-state index is 0.148. The molecule has 0 saturated carbocycles. The Hall–Kier alpha value is -2.37. The molecule has 19 heavy (non-hydrogen) atoms. The van der Waals surface area contributed by atoms with Crippen LogP contribution in [-0.4, -0.2) is 23.8 Å². The molecule has 6 heteroatoms. The highest BCUT2D eigenvalue weighted by atomic mass is 16.2. The minimum Gasteiger partial charge on any atom is -0.346 e. The first kappa shape index (κ1) is 14.7. The van der Waals surface area contributed by atoms with Gasteiger partial charge in [0.15, 0.2) is 0 Å². The first-order valence-electron chi connectivity index (χ1n) is 5.88. The first-order chi connectivity index (χ1) is 8.91. The molecule has 0 bridgehead atoms. The van der Waals surface area contributed by atoms with Gasteiger partial charge in [-0.15, -0.1) is 0 Å². The van der Waals surface area contributed by atoms with Gasteiger partial charge in [-0.05, 0) is 32.4 Å². The molecule has 0 aromatic heterocycles. The number of amides is 3. The molecule has 1 aromatic carbocycles. The lowest BCUT2D eigenvalue weighted by Crippen LogP contribution is -2.49. The molecule has 102 valence electrons. The fraction of sp³-hybridized carbons (Fsp3) is 0.308. The molecule has 0 atom stereocenters. The fourth-order valence-corrected chi connectivity index (χ4v) is 1.39. The van der Waals surface area contributed by atoms with Gasteiger partial charge in [0.2, 0.25) is 0 Å². The van der Waals surface area contributed by atoms with Crippen molar-refractivity contribution in [2.75, 3.05) is 0 Å². The maximum Gasteiger partial charge on any atom is 0.327 e. The largest absolute Gasteiger partial charge is 0.346 e. The van der Waals surface area contributed by atoms with Gasteiger partial charge in [0.25, 0.3) is 5.91 Å². The van der Waals surface area contributed by atoms with E-state index in [2.05, 4.69) is 16.2 Å². The molecule has 6 nitrogen and oxygen atoms in total. The van der Waals surface area contributed by atoms with Crippen molar-refractivity contribution in [2.24, 2.45) is 0 Å². The van der Waals surface area contributed by atoms with Gasteiger partial charge in [-0.3, -0.25) is 25.2 Å². The second kappa shape index (κ2) is 6.53. The molecule has 1 aromatic rings. The van der Waals surface area contributed by atoms with Gasteiger partial charge in [0.05, 0.1) is 0 Å². The molecule has 0 unspecified atom stereocenters. The number of rotatable bonds is 2. The molecular formula is C13H17N3O3. The van der Waals surface area contributed by atoms with Gasteiger partial charge < -0.3 is 5.32 Å². The summed E-state index contributed by atoms with van der Waals surface area (Å²) in [6, 6.07) is 6.79. The Morgan fingerprint density at radius 3 is 2.21 bits per heavy atom. The summed E-state index contributed by atoms with van der Waals surface area (Å²) < 4.78 is 0. The smallest absolute Gasteiger partial charge is 0.327 e. The minimum atomic E-state index is -0.907. The lowest BCUT2D eigenvalue weighted by atomic mass is 10.1. The van der Waals surface area contributed by atoms with Crippen LogP contribution in [0.15, 0.2) is 24.3 Å². The quantitative estimate of drug-likeness (QED) is 0.529. The SMILES string of the molecule is Cc1ccccc1C(=O)NNC(=O)C(=O)NC(C)C. The average molecular weight is 263 g/mol. The van der Waals surface area contributed by atoms with E-state index in [1.54, 1.807) is 45.0 Å². The highest BCUT2D eigenvalue weighted by Crippen LogP contribution is 2.05. The molecular weight excluding hydrogens is 246 g/mol. The number of nitrogens with one attached hydrogen (secondary N) is 3. The van der Waals surface area contributed by atoms with Crippen molar-refractivity contribution in [1.82, 2.24) is 16.2 Å². The van der Waals surface area contributed by atoms with E-state index in [4.69, 9.17) is 0 Å². The first-order valence-corrected chi connectivity index (χ1v) is 5.88. The van der Waals surface area contributed by atoms with Crippen molar-refractivity contribution in [3.05, 3.63) is 35.4 Å². The molecule has 0 saturated heterocycles. The molecule has 1 rings (SSSR count). The van der Waals surface area contributed by atoms with Crippen molar-refractivity contribution >= 4 is 17.7 Å². The number of hydrogen-bond donors (Lipinski definition) is 3. The third-order valence-corrected chi connectivity index (χ3v) is 2.31. The van der Waals surface area contributed by atoms with Crippen molar-refractivity contribution in [2.45, 2.75) is 26.8 Å². The fourth-order valence-electron chi connectivity index (χ4n) is 1.39. The maximum atomic E-state index is 11.8. The Kier molecular flexibility index (Phi) is 5.05. The number of benzene rings is 1. The summed E-state index contributed by atoms with van der Waals surface area (Å²) in [5.74, 6) is -2.17. The number of aryl methyl sites for hydroxylation is 1. The molecule has 0 aliphatic heterocycles. The predicted molar refractivity (Wildman–Crippen MR) is 70.1 cm³/mol. The van der Waals surface area contributed by atoms with E-state index in [-0.39, 0.29) is 6.04 Å². The van der Waals surface area contributed by atoms with Crippen LogP contribution in [0.2, 0.25) is 0 Å². The van der Waals surface area contributed by atoms with Gasteiger partial charge in [0.1, 0.15) is 0 Å². The van der Waals surface area contributed by atoms with Crippen LogP contribution in [0.25, 0.3) is 0 Å². The molecule has 0 aliphatic carbocycles. The lowest BCUT2D eigenvalue weighted by Gasteiger charge is -2.10. The summed E-state index contributed by atoms with van der Waals surface area (Å²) in [6.45, 7) is 5.25. The highest BCUT2D eigenvalue weighted by molar-refractivity contribution is 6.35. The van der Waals surface area contributed by atoms with Crippen molar-refractivity contribution in [1.29, 1.82) is 0 Å². The van der Waals surface area contributed by atoms with Crippen LogP contribution in [-0.2, 0) is 9.59 Å². The zero-order valence-corrected chi connectivity index (χ0v) is 11.1. The Bertz CT molecular complexity index is 498. The van der Waals surface area contributed by atoms with Crippen LogP contribution in [0.4, 0.5) is 0 Å². The third kappa shape index (κ3) is 4.42. The number of hydrogen-bond acceptors (Lipinski definition) is 3. The predicted octanol–water partition coefficient (Wildman–Crippen LogP) is 0.281. The average Bonchev–Trinajstić information content (AvgIpc) is 2.35. The lowest BCUT2D eigenvalue weighted by molar-refractivity contribution is -0.139. The number of carbonyl (C=O) groups excluding carboxylic acids is 3. The van der Waals surface area contributed by atoms with Crippen molar-refractivity contribution in [3.8, 4) is 0 Å². The molecule has 0 radical (unpaired) electrons. The van der Waals surface area contributed by atoms with Gasteiger partial charge in [-0.2, -0.15) is 0 Å². The second-order valence-corrected chi connectivity index (χ2v) is 4.35. The summed E-state index contributed by atoms with van der Waals surface area (Å²) in [7, 11) is 0. The van der Waals surface area contributed by atoms with E-state index in [1.165, 1.54) is 0 Å². The van der Waals surface area contributed by atoms with E-state index in [0.717, 1.165) is 5.56 Å². The Morgan fingerprint density at radius 1 is 1.00 bits per heavy atom. The molecule has 0 heterocycles. The Balaban J connectivity index is 2.54. The standard InChI is InChI=1S/C13H17N3O3/c1-8(2)14-12(18)13(19)16-15-11(17)10-7-5-4-6-9(10)3/h4-8H,1-3H3,(H,14,18)(H,15,17)(H,16,19). The van der Waals surface area contributed by atoms with Gasteiger partial charge in [-0.25, -0.2) is 0 Å². The van der Waals surface area contributed by atoms with Crippen LogP contribution in [0.5, 0.6) is 0 Å². The van der Waals surface area contributed by atoms with E-state index < -0.39 is 17.7 Å². The normalized spacial score (nSPS) is 9.89.